The summed E-state index contributed by atoms with van der Waals surface area (Å²) in [5, 5.41) is 2.69. The molecule has 5 N–H and O–H groups in total. The lowest BCUT2D eigenvalue weighted by Crippen LogP contribution is -2.26. The maximum atomic E-state index is 12.0. The van der Waals surface area contributed by atoms with Crippen molar-refractivity contribution < 1.29 is 14.3 Å². The number of rotatable bonds is 3. The normalized spacial score (nSPS) is 16.4. The van der Waals surface area contributed by atoms with Crippen LogP contribution in [0, 0.1) is 0 Å². The van der Waals surface area contributed by atoms with Gasteiger partial charge in [-0.05, 0) is 17.7 Å². The third kappa shape index (κ3) is 2.59. The number of anilines is 3. The maximum Gasteiger partial charge on any atom is 0.226 e. The van der Waals surface area contributed by atoms with Gasteiger partial charge in [0.05, 0.1) is 14.2 Å². The quantitative estimate of drug-likeness (QED) is 0.775. The first-order chi connectivity index (χ1) is 11.0. The summed E-state index contributed by atoms with van der Waals surface area (Å²) in [4.78, 5) is 20.1. The zero-order valence-corrected chi connectivity index (χ0v) is 12.8. The Kier molecular flexibility index (Phi) is 3.65. The highest BCUT2D eigenvalue weighted by molar-refractivity contribution is 5.95. The van der Waals surface area contributed by atoms with Crippen LogP contribution in [0.3, 0.4) is 0 Å². The molecule has 1 atom stereocenters. The fourth-order valence-corrected chi connectivity index (χ4v) is 2.77. The Morgan fingerprint density at radius 2 is 1.91 bits per heavy atom. The van der Waals surface area contributed by atoms with Crippen molar-refractivity contribution in [1.29, 1.82) is 0 Å². The molecule has 1 aliphatic rings. The molecular formula is C15H17N5O3. The number of nitrogens with one attached hydrogen (secondary N) is 1. The first-order valence-electron chi connectivity index (χ1n) is 6.98. The molecule has 0 saturated carbocycles. The van der Waals surface area contributed by atoms with Gasteiger partial charge < -0.3 is 26.3 Å². The lowest BCUT2D eigenvalue weighted by molar-refractivity contribution is -0.116. The molecule has 2 heterocycles. The molecule has 0 saturated heterocycles. The van der Waals surface area contributed by atoms with Gasteiger partial charge in [0.2, 0.25) is 11.9 Å². The first-order valence-corrected chi connectivity index (χ1v) is 6.98. The van der Waals surface area contributed by atoms with E-state index in [4.69, 9.17) is 20.9 Å². The van der Waals surface area contributed by atoms with E-state index in [0.717, 1.165) is 5.56 Å². The highest BCUT2D eigenvalue weighted by Gasteiger charge is 2.31. The van der Waals surface area contributed by atoms with Crippen LogP contribution in [0.5, 0.6) is 11.5 Å². The Hall–Kier alpha value is -3.03. The van der Waals surface area contributed by atoms with Crippen molar-refractivity contribution in [2.75, 3.05) is 31.0 Å². The molecule has 0 spiro atoms. The summed E-state index contributed by atoms with van der Waals surface area (Å²) in [5.74, 6) is 1.38. The third-order valence-corrected chi connectivity index (χ3v) is 3.80. The topological polar surface area (TPSA) is 125 Å². The molecule has 23 heavy (non-hydrogen) atoms. The molecule has 0 aliphatic carbocycles. The van der Waals surface area contributed by atoms with Gasteiger partial charge in [-0.25, -0.2) is 0 Å². The maximum absolute atomic E-state index is 12.0. The van der Waals surface area contributed by atoms with Crippen LogP contribution < -0.4 is 26.3 Å². The van der Waals surface area contributed by atoms with Gasteiger partial charge in [-0.15, -0.1) is 0 Å². The molecule has 1 aromatic heterocycles. The minimum atomic E-state index is -0.279. The predicted octanol–water partition coefficient (Wildman–Crippen LogP) is 1.13. The van der Waals surface area contributed by atoms with Crippen molar-refractivity contribution in [3.63, 3.8) is 0 Å². The molecule has 0 fully saturated rings. The first kappa shape index (κ1) is 14.9. The van der Waals surface area contributed by atoms with Crippen LogP contribution in [-0.4, -0.2) is 30.1 Å². The average molecular weight is 315 g/mol. The second kappa shape index (κ2) is 5.64. The fourth-order valence-electron chi connectivity index (χ4n) is 2.77. The number of ether oxygens (including phenoxy) is 2. The van der Waals surface area contributed by atoms with Crippen LogP contribution in [0.15, 0.2) is 18.2 Å². The van der Waals surface area contributed by atoms with Crippen LogP contribution in [0.4, 0.5) is 17.6 Å². The van der Waals surface area contributed by atoms with Crippen molar-refractivity contribution in [3.8, 4) is 11.5 Å². The molecule has 8 heteroatoms. The van der Waals surface area contributed by atoms with E-state index in [9.17, 15) is 4.79 Å². The van der Waals surface area contributed by atoms with E-state index in [1.54, 1.807) is 20.3 Å². The van der Waals surface area contributed by atoms with Crippen LogP contribution in [0.2, 0.25) is 0 Å². The lowest BCUT2D eigenvalue weighted by Gasteiger charge is -2.26. The number of nitrogen functional groups attached to an aromatic ring is 2. The zero-order valence-electron chi connectivity index (χ0n) is 12.8. The number of amides is 1. The summed E-state index contributed by atoms with van der Waals surface area (Å²) in [7, 11) is 3.12. The molecule has 1 aliphatic heterocycles. The molecule has 1 amide bonds. The molecule has 2 aromatic rings. The molecule has 0 radical (unpaired) electrons. The molecule has 3 rings (SSSR count). The summed E-state index contributed by atoms with van der Waals surface area (Å²) in [6.07, 6.45) is 0.236. The number of hydrogen-bond acceptors (Lipinski definition) is 7. The minimum Gasteiger partial charge on any atom is -0.493 e. The predicted molar refractivity (Wildman–Crippen MR) is 85.5 cm³/mol. The SMILES string of the molecule is COc1ccc([C@@H]2CC(=O)Nc3nc(N)nc(N)c32)cc1OC. The van der Waals surface area contributed by atoms with Crippen LogP contribution >= 0.6 is 0 Å². The second-order valence-electron chi connectivity index (χ2n) is 5.15. The zero-order chi connectivity index (χ0) is 16.6. The molecule has 0 unspecified atom stereocenters. The summed E-state index contributed by atoms with van der Waals surface area (Å²) >= 11 is 0. The van der Waals surface area contributed by atoms with Crippen molar-refractivity contribution in [3.05, 3.63) is 29.3 Å². The average Bonchev–Trinajstić information content (AvgIpc) is 2.52. The van der Waals surface area contributed by atoms with Gasteiger partial charge in [-0.3, -0.25) is 4.79 Å². The molecule has 120 valence electrons. The number of fused-ring (bicyclic) bond motifs is 1. The highest BCUT2D eigenvalue weighted by Crippen LogP contribution is 2.41. The van der Waals surface area contributed by atoms with Gasteiger partial charge in [0.25, 0.3) is 0 Å². The largest absolute Gasteiger partial charge is 0.493 e. The van der Waals surface area contributed by atoms with Gasteiger partial charge in [0.1, 0.15) is 11.6 Å². The monoisotopic (exact) mass is 315 g/mol. The highest BCUT2D eigenvalue weighted by atomic mass is 16.5. The number of methoxy groups -OCH3 is 2. The van der Waals surface area contributed by atoms with Gasteiger partial charge in [0.15, 0.2) is 11.5 Å². The van der Waals surface area contributed by atoms with Crippen molar-refractivity contribution in [2.24, 2.45) is 0 Å². The summed E-state index contributed by atoms with van der Waals surface area (Å²) < 4.78 is 10.6. The fraction of sp³-hybridized carbons (Fsp3) is 0.267. The van der Waals surface area contributed by atoms with Gasteiger partial charge in [-0.1, -0.05) is 6.07 Å². The molecule has 8 nitrogen and oxygen atoms in total. The number of aromatic nitrogens is 2. The summed E-state index contributed by atoms with van der Waals surface area (Å²) in [6.45, 7) is 0. The van der Waals surface area contributed by atoms with E-state index in [0.29, 0.717) is 22.9 Å². The molecular weight excluding hydrogens is 298 g/mol. The number of carbonyl (C=O) groups excluding carboxylic acids is 1. The number of carbonyl (C=O) groups is 1. The van der Waals surface area contributed by atoms with E-state index >= 15 is 0 Å². The number of benzene rings is 1. The number of nitrogens with two attached hydrogens (primary N) is 2. The van der Waals surface area contributed by atoms with E-state index < -0.39 is 0 Å². The Morgan fingerprint density at radius 1 is 1.17 bits per heavy atom. The third-order valence-electron chi connectivity index (χ3n) is 3.80. The van der Waals surface area contributed by atoms with E-state index in [1.165, 1.54) is 0 Å². The van der Waals surface area contributed by atoms with Crippen LogP contribution in [0.1, 0.15) is 23.5 Å². The number of hydrogen-bond donors (Lipinski definition) is 3. The van der Waals surface area contributed by atoms with Crippen LogP contribution in [-0.2, 0) is 4.79 Å². The summed E-state index contributed by atoms with van der Waals surface area (Å²) in [5.41, 5.74) is 13.1. The minimum absolute atomic E-state index is 0.0227. The molecule has 0 bridgehead atoms. The lowest BCUT2D eigenvalue weighted by atomic mass is 9.86. The van der Waals surface area contributed by atoms with E-state index in [-0.39, 0.29) is 30.0 Å². The summed E-state index contributed by atoms with van der Waals surface area (Å²) in [6, 6.07) is 5.47. The Balaban J connectivity index is 2.13. The number of nitrogens with zero attached hydrogens (tertiary/aromatic N) is 2. The van der Waals surface area contributed by atoms with Crippen molar-refractivity contribution >= 4 is 23.5 Å². The van der Waals surface area contributed by atoms with Crippen LogP contribution in [0.25, 0.3) is 0 Å². The van der Waals surface area contributed by atoms with E-state index in [1.807, 2.05) is 12.1 Å². The van der Waals surface area contributed by atoms with E-state index in [2.05, 4.69) is 15.3 Å². The van der Waals surface area contributed by atoms with Gasteiger partial charge in [0, 0.05) is 17.9 Å². The van der Waals surface area contributed by atoms with Gasteiger partial charge in [-0.2, -0.15) is 9.97 Å². The second-order valence-corrected chi connectivity index (χ2v) is 5.15. The molecule has 1 aromatic carbocycles. The van der Waals surface area contributed by atoms with Crippen molar-refractivity contribution in [2.45, 2.75) is 12.3 Å². The Bertz CT molecular complexity index is 778. The van der Waals surface area contributed by atoms with Crippen molar-refractivity contribution in [1.82, 2.24) is 9.97 Å². The smallest absolute Gasteiger partial charge is 0.226 e. The Morgan fingerprint density at radius 3 is 2.61 bits per heavy atom. The Labute approximate surface area is 132 Å². The standard InChI is InChI=1S/C15H17N5O3/c1-22-9-4-3-7(5-10(9)23-2)8-6-11(21)18-14-12(8)13(16)19-15(17)20-14/h3-5,8H,6H2,1-2H3,(H5,16,17,18,19,20,21)/t8-/m0/s1. The van der Waals surface area contributed by atoms with Gasteiger partial charge >= 0.3 is 0 Å².